The molecular formula is C16H20ClNO2. The maximum atomic E-state index is 12.3. The number of hydrogen-bond donors (Lipinski definition) is 1. The van der Waals surface area contributed by atoms with Crippen LogP contribution in [-0.2, 0) is 11.2 Å². The lowest BCUT2D eigenvalue weighted by Gasteiger charge is -2.27. The van der Waals surface area contributed by atoms with E-state index in [-0.39, 0.29) is 5.91 Å². The normalized spacial score (nSPS) is 28.6. The molecule has 1 aliphatic heterocycles. The summed E-state index contributed by atoms with van der Waals surface area (Å²) in [6, 6.07) is 5.83. The van der Waals surface area contributed by atoms with Crippen LogP contribution in [0.2, 0.25) is 5.02 Å². The van der Waals surface area contributed by atoms with Crippen LogP contribution in [0.4, 0.5) is 0 Å². The molecule has 4 heteroatoms. The van der Waals surface area contributed by atoms with Gasteiger partial charge in [0, 0.05) is 17.5 Å². The number of amides is 1. The number of benzene rings is 1. The van der Waals surface area contributed by atoms with E-state index >= 15 is 0 Å². The summed E-state index contributed by atoms with van der Waals surface area (Å²) in [6.45, 7) is 2.28. The molecule has 3 rings (SSSR count). The second-order valence-electron chi connectivity index (χ2n) is 6.03. The van der Waals surface area contributed by atoms with Crippen molar-refractivity contribution in [2.24, 2.45) is 5.92 Å². The lowest BCUT2D eigenvalue weighted by Crippen LogP contribution is -2.44. The highest BCUT2D eigenvalue weighted by Gasteiger charge is 2.31. The Morgan fingerprint density at radius 1 is 1.30 bits per heavy atom. The number of ether oxygens (including phenoxy) is 1. The number of nitrogens with one attached hydrogen (secondary N) is 1. The molecule has 1 heterocycles. The van der Waals surface area contributed by atoms with Crippen LogP contribution < -0.4 is 10.1 Å². The molecule has 1 atom stereocenters. The van der Waals surface area contributed by atoms with Gasteiger partial charge in [0.05, 0.1) is 0 Å². The first-order valence-electron chi connectivity index (χ1n) is 7.37. The molecule has 1 aliphatic carbocycles. The van der Waals surface area contributed by atoms with Crippen LogP contribution in [-0.4, -0.2) is 18.1 Å². The quantitative estimate of drug-likeness (QED) is 0.908. The van der Waals surface area contributed by atoms with Crippen molar-refractivity contribution < 1.29 is 9.53 Å². The van der Waals surface area contributed by atoms with Gasteiger partial charge in [-0.1, -0.05) is 18.5 Å². The third-order valence-electron chi connectivity index (χ3n) is 4.35. The molecule has 0 bridgehead atoms. The SMILES string of the molecule is CC1CCC(NC(=O)C2Cc3cc(Cl)ccc3O2)CC1. The summed E-state index contributed by atoms with van der Waals surface area (Å²) < 4.78 is 5.72. The van der Waals surface area contributed by atoms with Crippen molar-refractivity contribution in [1.82, 2.24) is 5.32 Å². The Kier molecular flexibility index (Phi) is 3.88. The predicted molar refractivity (Wildman–Crippen MR) is 79.1 cm³/mol. The van der Waals surface area contributed by atoms with Gasteiger partial charge < -0.3 is 10.1 Å². The Morgan fingerprint density at radius 3 is 2.80 bits per heavy atom. The Balaban J connectivity index is 1.57. The minimum absolute atomic E-state index is 0.0110. The van der Waals surface area contributed by atoms with Crippen LogP contribution in [0.25, 0.3) is 0 Å². The Bertz CT molecular complexity index is 509. The first-order valence-corrected chi connectivity index (χ1v) is 7.75. The minimum atomic E-state index is -0.400. The standard InChI is InChI=1S/C16H20ClNO2/c1-10-2-5-13(6-3-10)18-16(19)15-9-11-8-12(17)4-7-14(11)20-15/h4,7-8,10,13,15H,2-3,5-6,9H2,1H3,(H,18,19). The molecule has 1 aromatic carbocycles. The lowest BCUT2D eigenvalue weighted by atomic mass is 9.87. The van der Waals surface area contributed by atoms with E-state index in [0.717, 1.165) is 30.1 Å². The van der Waals surface area contributed by atoms with Crippen molar-refractivity contribution in [3.05, 3.63) is 28.8 Å². The molecule has 1 saturated carbocycles. The van der Waals surface area contributed by atoms with E-state index in [4.69, 9.17) is 16.3 Å². The molecule has 2 aliphatic rings. The maximum absolute atomic E-state index is 12.3. The van der Waals surface area contributed by atoms with E-state index in [2.05, 4.69) is 12.2 Å². The molecule has 0 saturated heterocycles. The Morgan fingerprint density at radius 2 is 2.05 bits per heavy atom. The van der Waals surface area contributed by atoms with Gasteiger partial charge in [-0.2, -0.15) is 0 Å². The van der Waals surface area contributed by atoms with Crippen molar-refractivity contribution in [3.63, 3.8) is 0 Å². The van der Waals surface area contributed by atoms with Crippen LogP contribution >= 0.6 is 11.6 Å². The van der Waals surface area contributed by atoms with Crippen LogP contribution in [0.5, 0.6) is 5.75 Å². The Labute approximate surface area is 124 Å². The average Bonchev–Trinajstić information content (AvgIpc) is 2.84. The lowest BCUT2D eigenvalue weighted by molar-refractivity contribution is -0.128. The number of carbonyl (C=O) groups is 1. The molecule has 1 unspecified atom stereocenters. The molecule has 0 aromatic heterocycles. The summed E-state index contributed by atoms with van der Waals surface area (Å²) in [5.41, 5.74) is 1.02. The molecule has 0 spiro atoms. The average molecular weight is 294 g/mol. The van der Waals surface area contributed by atoms with Gasteiger partial charge in [0.2, 0.25) is 0 Å². The first kappa shape index (κ1) is 13.7. The van der Waals surface area contributed by atoms with E-state index in [1.807, 2.05) is 12.1 Å². The summed E-state index contributed by atoms with van der Waals surface area (Å²) in [5.74, 6) is 1.58. The topological polar surface area (TPSA) is 38.3 Å². The number of carbonyl (C=O) groups excluding carboxylic acids is 1. The van der Waals surface area contributed by atoms with Crippen molar-refractivity contribution >= 4 is 17.5 Å². The van der Waals surface area contributed by atoms with Crippen LogP contribution in [0.1, 0.15) is 38.2 Å². The monoisotopic (exact) mass is 293 g/mol. The summed E-state index contributed by atoms with van der Waals surface area (Å²) in [7, 11) is 0. The van der Waals surface area contributed by atoms with E-state index in [1.165, 1.54) is 12.8 Å². The zero-order valence-corrected chi connectivity index (χ0v) is 12.5. The fourth-order valence-electron chi connectivity index (χ4n) is 3.06. The van der Waals surface area contributed by atoms with E-state index in [0.29, 0.717) is 17.5 Å². The van der Waals surface area contributed by atoms with Gasteiger partial charge in [0.15, 0.2) is 6.10 Å². The fraction of sp³-hybridized carbons (Fsp3) is 0.562. The van der Waals surface area contributed by atoms with Crippen molar-refractivity contribution in [2.75, 3.05) is 0 Å². The molecule has 1 aromatic rings. The fourth-order valence-corrected chi connectivity index (χ4v) is 3.26. The highest BCUT2D eigenvalue weighted by molar-refractivity contribution is 6.30. The van der Waals surface area contributed by atoms with Gasteiger partial charge in [-0.15, -0.1) is 0 Å². The molecule has 1 fully saturated rings. The molecule has 1 N–H and O–H groups in total. The van der Waals surface area contributed by atoms with Gasteiger partial charge in [0.25, 0.3) is 5.91 Å². The maximum Gasteiger partial charge on any atom is 0.261 e. The van der Waals surface area contributed by atoms with Crippen LogP contribution in [0.15, 0.2) is 18.2 Å². The summed E-state index contributed by atoms with van der Waals surface area (Å²) in [6.07, 6.45) is 4.78. The summed E-state index contributed by atoms with van der Waals surface area (Å²) >= 11 is 5.96. The molecule has 108 valence electrons. The Hall–Kier alpha value is -1.22. The summed E-state index contributed by atoms with van der Waals surface area (Å²) in [5, 5.41) is 3.82. The number of hydrogen-bond acceptors (Lipinski definition) is 2. The number of fused-ring (bicyclic) bond motifs is 1. The minimum Gasteiger partial charge on any atom is -0.480 e. The third-order valence-corrected chi connectivity index (χ3v) is 4.59. The van der Waals surface area contributed by atoms with E-state index in [1.54, 1.807) is 6.07 Å². The largest absolute Gasteiger partial charge is 0.480 e. The van der Waals surface area contributed by atoms with E-state index in [9.17, 15) is 4.79 Å². The number of rotatable bonds is 2. The second-order valence-corrected chi connectivity index (χ2v) is 6.46. The molecular weight excluding hydrogens is 274 g/mol. The predicted octanol–water partition coefficient (Wildman–Crippen LogP) is 3.34. The van der Waals surface area contributed by atoms with Gasteiger partial charge >= 0.3 is 0 Å². The van der Waals surface area contributed by atoms with Gasteiger partial charge in [-0.05, 0) is 55.4 Å². The van der Waals surface area contributed by atoms with Gasteiger partial charge in [0.1, 0.15) is 5.75 Å². The first-order chi connectivity index (χ1) is 9.61. The zero-order valence-electron chi connectivity index (χ0n) is 11.7. The van der Waals surface area contributed by atoms with Crippen molar-refractivity contribution in [3.8, 4) is 5.75 Å². The number of halogens is 1. The van der Waals surface area contributed by atoms with Crippen molar-refractivity contribution in [1.29, 1.82) is 0 Å². The van der Waals surface area contributed by atoms with Gasteiger partial charge in [-0.25, -0.2) is 0 Å². The summed E-state index contributed by atoms with van der Waals surface area (Å²) in [4.78, 5) is 12.3. The zero-order chi connectivity index (χ0) is 14.1. The smallest absolute Gasteiger partial charge is 0.261 e. The van der Waals surface area contributed by atoms with Crippen LogP contribution in [0.3, 0.4) is 0 Å². The van der Waals surface area contributed by atoms with Gasteiger partial charge in [-0.3, -0.25) is 4.79 Å². The molecule has 20 heavy (non-hydrogen) atoms. The third kappa shape index (κ3) is 2.93. The van der Waals surface area contributed by atoms with Crippen LogP contribution in [0, 0.1) is 5.92 Å². The molecule has 3 nitrogen and oxygen atoms in total. The second kappa shape index (κ2) is 5.65. The molecule has 0 radical (unpaired) electrons. The highest BCUT2D eigenvalue weighted by atomic mass is 35.5. The molecule has 1 amide bonds. The highest BCUT2D eigenvalue weighted by Crippen LogP contribution is 2.31. The van der Waals surface area contributed by atoms with Crippen molar-refractivity contribution in [2.45, 2.75) is 51.2 Å². The van der Waals surface area contributed by atoms with E-state index < -0.39 is 6.10 Å².